The molecule has 0 aromatic carbocycles. The molecule has 0 saturated carbocycles. The van der Waals surface area contributed by atoms with E-state index in [1.54, 1.807) is 20.8 Å². The van der Waals surface area contributed by atoms with Crippen molar-refractivity contribution in [3.63, 3.8) is 0 Å². The Morgan fingerprint density at radius 3 is 2.57 bits per heavy atom. The molecule has 1 N–H and O–H groups in total. The molecule has 2 fully saturated rings. The number of nitrogens with zero attached hydrogens (tertiary/aromatic N) is 2. The van der Waals surface area contributed by atoms with Crippen LogP contribution in [0.25, 0.3) is 0 Å². The van der Waals surface area contributed by atoms with Gasteiger partial charge >= 0.3 is 12.2 Å². The molecule has 0 bridgehead atoms. The monoisotopic (exact) mass is 300 g/mol. The summed E-state index contributed by atoms with van der Waals surface area (Å²) in [6, 6.07) is -0.674. The summed E-state index contributed by atoms with van der Waals surface area (Å²) in [5.74, 6) is -0.347. The first kappa shape index (κ1) is 15.6. The van der Waals surface area contributed by atoms with Crippen LogP contribution in [0.5, 0.6) is 0 Å². The van der Waals surface area contributed by atoms with E-state index in [0.717, 1.165) is 4.90 Å². The Morgan fingerprint density at radius 2 is 2.05 bits per heavy atom. The number of imide groups is 1. The Morgan fingerprint density at radius 1 is 1.38 bits per heavy atom. The van der Waals surface area contributed by atoms with Gasteiger partial charge in [-0.15, -0.1) is 0 Å². The lowest BCUT2D eigenvalue weighted by Gasteiger charge is -2.31. The molecule has 8 nitrogen and oxygen atoms in total. The molecule has 0 aromatic heterocycles. The summed E-state index contributed by atoms with van der Waals surface area (Å²) in [7, 11) is 0. The maximum Gasteiger partial charge on any atom is 0.416 e. The van der Waals surface area contributed by atoms with Gasteiger partial charge in [0.05, 0.1) is 18.7 Å². The van der Waals surface area contributed by atoms with E-state index in [4.69, 9.17) is 9.47 Å². The molecule has 2 rings (SSSR count). The van der Waals surface area contributed by atoms with Crippen LogP contribution in [0.3, 0.4) is 0 Å². The second-order valence-corrected chi connectivity index (χ2v) is 5.79. The normalized spacial score (nSPS) is 27.9. The molecule has 2 atom stereocenters. The first-order chi connectivity index (χ1) is 9.74. The van der Waals surface area contributed by atoms with Crippen molar-refractivity contribution in [1.82, 2.24) is 9.80 Å². The van der Waals surface area contributed by atoms with Gasteiger partial charge in [-0.3, -0.25) is 9.69 Å². The first-order valence-electron chi connectivity index (χ1n) is 6.89. The topological polar surface area (TPSA) is 96.4 Å². The van der Waals surface area contributed by atoms with Crippen molar-refractivity contribution in [2.45, 2.75) is 51.4 Å². The lowest BCUT2D eigenvalue weighted by atomic mass is 10.1. The molecule has 2 aliphatic heterocycles. The molecular weight excluding hydrogens is 280 g/mol. The van der Waals surface area contributed by atoms with Crippen LogP contribution in [0.4, 0.5) is 9.59 Å². The van der Waals surface area contributed by atoms with E-state index in [1.165, 1.54) is 4.90 Å². The zero-order chi connectivity index (χ0) is 15.8. The van der Waals surface area contributed by atoms with E-state index in [9.17, 15) is 19.5 Å². The highest BCUT2D eigenvalue weighted by Gasteiger charge is 2.44. The van der Waals surface area contributed by atoms with Gasteiger partial charge in [0.15, 0.2) is 0 Å². The van der Waals surface area contributed by atoms with Crippen LogP contribution >= 0.6 is 0 Å². The number of amides is 3. The quantitative estimate of drug-likeness (QED) is 0.842. The fourth-order valence-corrected chi connectivity index (χ4v) is 2.76. The van der Waals surface area contributed by atoms with Crippen molar-refractivity contribution in [2.75, 3.05) is 13.2 Å². The Bertz CT molecular complexity index is 464. The zero-order valence-corrected chi connectivity index (χ0v) is 12.4. The van der Waals surface area contributed by atoms with E-state index in [2.05, 4.69) is 0 Å². The number of hydrogen-bond acceptors (Lipinski definition) is 5. The summed E-state index contributed by atoms with van der Waals surface area (Å²) >= 11 is 0. The predicted octanol–water partition coefficient (Wildman–Crippen LogP) is 1.25. The van der Waals surface area contributed by atoms with Gasteiger partial charge in [0.2, 0.25) is 5.91 Å². The average molecular weight is 300 g/mol. The molecule has 2 heterocycles. The molecule has 3 amide bonds. The largest absolute Gasteiger partial charge is 0.465 e. The van der Waals surface area contributed by atoms with Gasteiger partial charge in [-0.1, -0.05) is 0 Å². The third kappa shape index (κ3) is 2.94. The fourth-order valence-electron chi connectivity index (χ4n) is 2.76. The van der Waals surface area contributed by atoms with Crippen molar-refractivity contribution < 1.29 is 29.0 Å². The van der Waals surface area contributed by atoms with Crippen LogP contribution in [-0.2, 0) is 14.3 Å². The first-order valence-corrected chi connectivity index (χ1v) is 6.89. The van der Waals surface area contributed by atoms with Crippen molar-refractivity contribution in [2.24, 2.45) is 0 Å². The van der Waals surface area contributed by atoms with Crippen LogP contribution in [0.2, 0.25) is 0 Å². The van der Waals surface area contributed by atoms with Crippen LogP contribution in [0.1, 0.15) is 33.6 Å². The maximum absolute atomic E-state index is 12.1. The summed E-state index contributed by atoms with van der Waals surface area (Å²) < 4.78 is 10.3. The second-order valence-electron chi connectivity index (χ2n) is 5.79. The highest BCUT2D eigenvalue weighted by Crippen LogP contribution is 2.29. The smallest absolute Gasteiger partial charge is 0.416 e. The number of cyclic esters (lactones) is 1. The average Bonchev–Trinajstić information content (AvgIpc) is 2.86. The Labute approximate surface area is 122 Å². The molecule has 2 saturated heterocycles. The summed E-state index contributed by atoms with van der Waals surface area (Å²) in [6.07, 6.45) is -1.33. The summed E-state index contributed by atoms with van der Waals surface area (Å²) in [5.41, 5.74) is -0.903. The molecule has 8 heteroatoms. The van der Waals surface area contributed by atoms with Crippen LogP contribution < -0.4 is 0 Å². The molecular formula is C13H20N2O6. The minimum atomic E-state index is -1.08. The SMILES string of the molecule is C[C@@H]1COC(=O)N1C(=O)CCC1COC(C)(C)N1C(=O)O. The van der Waals surface area contributed by atoms with E-state index in [-0.39, 0.29) is 31.6 Å². The minimum absolute atomic E-state index is 0.0767. The standard InChI is InChI=1S/C13H20N2O6/c1-8-6-20-12(19)14(8)10(16)5-4-9-7-21-13(2,3)15(9)11(17)18/h8-9H,4-7H2,1-3H3,(H,17,18)/t8-,9?/m1/s1. The Balaban J connectivity index is 1.95. The number of ether oxygens (including phenoxy) is 2. The number of rotatable bonds is 3. The van der Waals surface area contributed by atoms with Crippen LogP contribution in [0, 0.1) is 0 Å². The number of carbonyl (C=O) groups is 3. The van der Waals surface area contributed by atoms with E-state index in [0.29, 0.717) is 6.42 Å². The molecule has 0 aliphatic carbocycles. The molecule has 0 radical (unpaired) electrons. The van der Waals surface area contributed by atoms with Gasteiger partial charge in [-0.05, 0) is 27.2 Å². The third-order valence-corrected chi connectivity index (χ3v) is 3.83. The molecule has 118 valence electrons. The van der Waals surface area contributed by atoms with Gasteiger partial charge in [0.25, 0.3) is 0 Å². The Kier molecular flexibility index (Phi) is 4.08. The molecule has 0 aromatic rings. The van der Waals surface area contributed by atoms with Crippen molar-refractivity contribution in [3.8, 4) is 0 Å². The Hall–Kier alpha value is -1.83. The van der Waals surface area contributed by atoms with Crippen molar-refractivity contribution >= 4 is 18.1 Å². The summed E-state index contributed by atoms with van der Waals surface area (Å²) in [4.78, 5) is 37.1. The third-order valence-electron chi connectivity index (χ3n) is 3.83. The van der Waals surface area contributed by atoms with Crippen molar-refractivity contribution in [3.05, 3.63) is 0 Å². The minimum Gasteiger partial charge on any atom is -0.465 e. The molecule has 1 unspecified atom stereocenters. The van der Waals surface area contributed by atoms with Gasteiger partial charge < -0.3 is 14.6 Å². The lowest BCUT2D eigenvalue weighted by molar-refractivity contribution is -0.129. The van der Waals surface area contributed by atoms with Gasteiger partial charge in [0, 0.05) is 6.42 Å². The van der Waals surface area contributed by atoms with Crippen LogP contribution in [-0.4, -0.2) is 64.0 Å². The van der Waals surface area contributed by atoms with E-state index in [1.807, 2.05) is 0 Å². The summed E-state index contributed by atoms with van der Waals surface area (Å²) in [5, 5.41) is 9.26. The fraction of sp³-hybridized carbons (Fsp3) is 0.769. The number of carboxylic acid groups (broad SMARTS) is 1. The second kappa shape index (κ2) is 5.51. The summed E-state index contributed by atoms with van der Waals surface area (Å²) in [6.45, 7) is 5.51. The molecule has 21 heavy (non-hydrogen) atoms. The maximum atomic E-state index is 12.1. The highest BCUT2D eigenvalue weighted by atomic mass is 16.6. The zero-order valence-electron chi connectivity index (χ0n) is 12.4. The van der Waals surface area contributed by atoms with Crippen LogP contribution in [0.15, 0.2) is 0 Å². The number of carbonyl (C=O) groups excluding carboxylic acids is 2. The van der Waals surface area contributed by atoms with E-state index < -0.39 is 24.0 Å². The van der Waals surface area contributed by atoms with Gasteiger partial charge in [-0.25, -0.2) is 14.5 Å². The van der Waals surface area contributed by atoms with Gasteiger partial charge in [0.1, 0.15) is 12.3 Å². The lowest BCUT2D eigenvalue weighted by Crippen LogP contribution is -2.47. The predicted molar refractivity (Wildman–Crippen MR) is 70.6 cm³/mol. The van der Waals surface area contributed by atoms with E-state index >= 15 is 0 Å². The van der Waals surface area contributed by atoms with Crippen molar-refractivity contribution in [1.29, 1.82) is 0 Å². The highest BCUT2D eigenvalue weighted by molar-refractivity contribution is 5.93. The molecule has 2 aliphatic rings. The van der Waals surface area contributed by atoms with Gasteiger partial charge in [-0.2, -0.15) is 0 Å². The molecule has 0 spiro atoms. The number of hydrogen-bond donors (Lipinski definition) is 1.